The third kappa shape index (κ3) is 3.63. The van der Waals surface area contributed by atoms with Crippen LogP contribution < -0.4 is 5.32 Å². The minimum absolute atomic E-state index is 0.101. The monoisotopic (exact) mass is 400 g/mol. The topological polar surface area (TPSA) is 42.2 Å². The highest BCUT2D eigenvalue weighted by atomic mass is 35.5. The lowest BCUT2D eigenvalue weighted by Gasteiger charge is -2.20. The minimum atomic E-state index is -0.426. The first-order chi connectivity index (χ1) is 13.2. The van der Waals surface area contributed by atoms with E-state index in [0.717, 1.165) is 40.3 Å². The molecule has 1 N–H and O–H groups in total. The Morgan fingerprint density at radius 1 is 1.32 bits per heavy atom. The molecule has 1 aromatic carbocycles. The number of aromatic nitrogens is 3. The standard InChI is InChI=1S/C22H26ClFN4/c1-12(2)9-17-16(10-18(23)21(24)20(17)13(3)25-6)11-19-27-15(5)22-14(4)26-7-8-28(19)22/h7-8,10,12,25H,3,9,11H2,1-2,4-6H3. The molecule has 0 radical (unpaired) electrons. The average molecular weight is 401 g/mol. The van der Waals surface area contributed by atoms with Crippen LogP contribution in [0.4, 0.5) is 4.39 Å². The number of rotatable bonds is 6. The number of nitrogens with one attached hydrogen (secondary N) is 1. The molecule has 0 saturated heterocycles. The van der Waals surface area contributed by atoms with E-state index in [9.17, 15) is 4.39 Å². The summed E-state index contributed by atoms with van der Waals surface area (Å²) < 4.78 is 17.0. The zero-order valence-corrected chi connectivity index (χ0v) is 17.8. The molecule has 0 amide bonds. The Balaban J connectivity index is 2.21. The fourth-order valence-corrected chi connectivity index (χ4v) is 3.95. The normalized spacial score (nSPS) is 11.4. The SMILES string of the molecule is C=C(NC)c1c(F)c(Cl)cc(Cc2nc(C)c3c(C)nccn23)c1CC(C)C. The van der Waals surface area contributed by atoms with Crippen LogP contribution in [0.15, 0.2) is 25.0 Å². The van der Waals surface area contributed by atoms with Gasteiger partial charge in [0.2, 0.25) is 0 Å². The first-order valence-electron chi connectivity index (χ1n) is 9.40. The van der Waals surface area contributed by atoms with Gasteiger partial charge in [0.05, 0.1) is 21.9 Å². The van der Waals surface area contributed by atoms with Gasteiger partial charge in [-0.15, -0.1) is 0 Å². The highest BCUT2D eigenvalue weighted by Gasteiger charge is 2.22. The van der Waals surface area contributed by atoms with Crippen LogP contribution in [-0.4, -0.2) is 21.4 Å². The quantitative estimate of drug-likeness (QED) is 0.624. The van der Waals surface area contributed by atoms with Crippen molar-refractivity contribution in [2.24, 2.45) is 5.92 Å². The van der Waals surface area contributed by atoms with Crippen LogP contribution in [0.1, 0.15) is 47.8 Å². The molecule has 148 valence electrons. The van der Waals surface area contributed by atoms with Crippen molar-refractivity contribution in [2.75, 3.05) is 7.05 Å². The van der Waals surface area contributed by atoms with Crippen LogP contribution in [0.2, 0.25) is 5.02 Å². The van der Waals surface area contributed by atoms with E-state index in [1.165, 1.54) is 0 Å². The maximum atomic E-state index is 14.9. The average Bonchev–Trinajstić information content (AvgIpc) is 2.95. The Hall–Kier alpha value is -2.40. The molecule has 0 saturated carbocycles. The third-order valence-corrected chi connectivity index (χ3v) is 5.24. The number of nitrogens with zero attached hydrogens (tertiary/aromatic N) is 3. The van der Waals surface area contributed by atoms with Crippen molar-refractivity contribution in [1.82, 2.24) is 19.7 Å². The maximum Gasteiger partial charge on any atom is 0.151 e. The van der Waals surface area contributed by atoms with E-state index in [4.69, 9.17) is 16.6 Å². The number of halogens is 2. The van der Waals surface area contributed by atoms with E-state index >= 15 is 0 Å². The fraction of sp³-hybridized carbons (Fsp3) is 0.364. The number of hydrogen-bond donors (Lipinski definition) is 1. The largest absolute Gasteiger partial charge is 0.388 e. The summed E-state index contributed by atoms with van der Waals surface area (Å²) in [6.45, 7) is 12.2. The second kappa shape index (κ2) is 7.92. The molecule has 0 aliphatic heterocycles. The van der Waals surface area contributed by atoms with E-state index in [-0.39, 0.29) is 5.02 Å². The van der Waals surface area contributed by atoms with Crippen molar-refractivity contribution in [2.45, 2.75) is 40.5 Å². The van der Waals surface area contributed by atoms with Crippen molar-refractivity contribution in [3.05, 3.63) is 69.8 Å². The molecule has 0 aliphatic carbocycles. The molecular formula is C22H26ClFN4. The van der Waals surface area contributed by atoms with Gasteiger partial charge in [0, 0.05) is 37.1 Å². The van der Waals surface area contributed by atoms with Crippen LogP contribution in [0.25, 0.3) is 11.2 Å². The van der Waals surface area contributed by atoms with Gasteiger partial charge in [-0.3, -0.25) is 9.38 Å². The zero-order valence-electron chi connectivity index (χ0n) is 17.0. The van der Waals surface area contributed by atoms with Crippen LogP contribution in [-0.2, 0) is 12.8 Å². The maximum absolute atomic E-state index is 14.9. The lowest BCUT2D eigenvalue weighted by Crippen LogP contribution is -2.13. The summed E-state index contributed by atoms with van der Waals surface area (Å²) in [6, 6.07) is 1.73. The van der Waals surface area contributed by atoms with E-state index in [1.54, 1.807) is 19.3 Å². The third-order valence-electron chi connectivity index (χ3n) is 4.97. The number of aryl methyl sites for hydroxylation is 2. The smallest absolute Gasteiger partial charge is 0.151 e. The molecule has 0 spiro atoms. The molecular weight excluding hydrogens is 375 g/mol. The molecule has 0 unspecified atom stereocenters. The van der Waals surface area contributed by atoms with Crippen LogP contribution in [0, 0.1) is 25.6 Å². The number of hydrogen-bond acceptors (Lipinski definition) is 3. The number of imidazole rings is 1. The van der Waals surface area contributed by atoms with E-state index in [1.807, 2.05) is 20.0 Å². The van der Waals surface area contributed by atoms with Gasteiger partial charge in [0.25, 0.3) is 0 Å². The Labute approximate surface area is 170 Å². The van der Waals surface area contributed by atoms with Gasteiger partial charge in [-0.2, -0.15) is 0 Å². The van der Waals surface area contributed by atoms with Crippen LogP contribution in [0.3, 0.4) is 0 Å². The van der Waals surface area contributed by atoms with Crippen molar-refractivity contribution >= 4 is 22.8 Å². The Bertz CT molecular complexity index is 1050. The fourth-order valence-electron chi connectivity index (χ4n) is 3.72. The minimum Gasteiger partial charge on any atom is -0.388 e. The van der Waals surface area contributed by atoms with Crippen molar-refractivity contribution in [3.8, 4) is 0 Å². The van der Waals surface area contributed by atoms with Crippen molar-refractivity contribution in [3.63, 3.8) is 0 Å². The molecule has 2 heterocycles. The summed E-state index contributed by atoms with van der Waals surface area (Å²) in [4.78, 5) is 9.13. The first kappa shape index (κ1) is 20.3. The summed E-state index contributed by atoms with van der Waals surface area (Å²) >= 11 is 6.26. The van der Waals surface area contributed by atoms with E-state index in [0.29, 0.717) is 23.6 Å². The van der Waals surface area contributed by atoms with Gasteiger partial charge in [-0.25, -0.2) is 9.37 Å². The van der Waals surface area contributed by atoms with Gasteiger partial charge in [0.1, 0.15) is 5.82 Å². The molecule has 3 rings (SSSR count). The summed E-state index contributed by atoms with van der Waals surface area (Å²) in [6.07, 6.45) is 4.96. The summed E-state index contributed by atoms with van der Waals surface area (Å²) in [7, 11) is 1.74. The molecule has 0 fully saturated rings. The van der Waals surface area contributed by atoms with Crippen molar-refractivity contribution < 1.29 is 4.39 Å². The van der Waals surface area contributed by atoms with Crippen molar-refractivity contribution in [1.29, 1.82) is 0 Å². The van der Waals surface area contributed by atoms with Crippen LogP contribution in [0.5, 0.6) is 0 Å². The molecule has 28 heavy (non-hydrogen) atoms. The molecule has 6 heteroatoms. The highest BCUT2D eigenvalue weighted by molar-refractivity contribution is 6.31. The molecule has 2 aromatic heterocycles. The summed E-state index contributed by atoms with van der Waals surface area (Å²) in [5, 5.41) is 3.07. The summed E-state index contributed by atoms with van der Waals surface area (Å²) in [5.74, 6) is 0.809. The van der Waals surface area contributed by atoms with E-state index < -0.39 is 5.82 Å². The number of benzene rings is 1. The van der Waals surface area contributed by atoms with Gasteiger partial charge < -0.3 is 5.32 Å². The van der Waals surface area contributed by atoms with Gasteiger partial charge in [-0.1, -0.05) is 32.0 Å². The second-order valence-corrected chi connectivity index (χ2v) is 7.94. The molecule has 3 aromatic rings. The Morgan fingerprint density at radius 2 is 2.04 bits per heavy atom. The highest BCUT2D eigenvalue weighted by Crippen LogP contribution is 2.32. The predicted molar refractivity (Wildman–Crippen MR) is 113 cm³/mol. The molecule has 0 aliphatic rings. The van der Waals surface area contributed by atoms with Gasteiger partial charge >= 0.3 is 0 Å². The molecule has 0 atom stereocenters. The lowest BCUT2D eigenvalue weighted by atomic mass is 9.90. The molecule has 4 nitrogen and oxygen atoms in total. The number of fused-ring (bicyclic) bond motifs is 1. The summed E-state index contributed by atoms with van der Waals surface area (Å²) in [5.41, 5.74) is 5.76. The lowest BCUT2D eigenvalue weighted by molar-refractivity contribution is 0.604. The van der Waals surface area contributed by atoms with Gasteiger partial charge in [-0.05, 0) is 43.4 Å². The predicted octanol–water partition coefficient (Wildman–Crippen LogP) is 5.12. The first-order valence-corrected chi connectivity index (χ1v) is 9.78. The van der Waals surface area contributed by atoms with Crippen LogP contribution >= 0.6 is 11.6 Å². The zero-order chi connectivity index (χ0) is 20.6. The Morgan fingerprint density at radius 3 is 2.68 bits per heavy atom. The molecule has 0 bridgehead atoms. The second-order valence-electron chi connectivity index (χ2n) is 7.53. The Kier molecular flexibility index (Phi) is 5.75. The van der Waals surface area contributed by atoms with Gasteiger partial charge in [0.15, 0.2) is 5.82 Å². The van der Waals surface area contributed by atoms with E-state index in [2.05, 4.69) is 35.1 Å².